The topological polar surface area (TPSA) is 46.8 Å². The maximum atomic E-state index is 10.0. The molecule has 0 atom stereocenters. The number of nitriles is 1. The molecule has 10 rings (SSSR count). The van der Waals surface area contributed by atoms with Crippen LogP contribution in [0.1, 0.15) is 5.56 Å². The van der Waals surface area contributed by atoms with Gasteiger partial charge in [-0.3, -0.25) is 0 Å². The second-order valence-electron chi connectivity index (χ2n) is 12.0. The van der Waals surface area contributed by atoms with Crippen LogP contribution in [0.15, 0.2) is 156 Å². The number of fused-ring (bicyclic) bond motifs is 10. The summed E-state index contributed by atoms with van der Waals surface area (Å²) >= 11 is 0. The first-order chi connectivity index (χ1) is 23.3. The Morgan fingerprint density at radius 3 is 1.94 bits per heavy atom. The number of furan rings is 1. The van der Waals surface area contributed by atoms with E-state index in [0.29, 0.717) is 5.56 Å². The summed E-state index contributed by atoms with van der Waals surface area (Å²) < 4.78 is 11.0. The molecular formula is C43H25N3O. The van der Waals surface area contributed by atoms with Crippen molar-refractivity contribution in [2.45, 2.75) is 0 Å². The molecule has 218 valence electrons. The van der Waals surface area contributed by atoms with Crippen molar-refractivity contribution in [3.63, 3.8) is 0 Å². The van der Waals surface area contributed by atoms with Crippen LogP contribution in [0.2, 0.25) is 0 Å². The maximum absolute atomic E-state index is 10.0. The van der Waals surface area contributed by atoms with E-state index in [1.807, 2.05) is 24.3 Å². The lowest BCUT2D eigenvalue weighted by Crippen LogP contribution is -1.98. The number of nitrogens with zero attached hydrogens (tertiary/aromatic N) is 3. The van der Waals surface area contributed by atoms with Crippen molar-refractivity contribution in [1.29, 1.82) is 5.26 Å². The lowest BCUT2D eigenvalue weighted by molar-refractivity contribution is 0.669. The zero-order valence-corrected chi connectivity index (χ0v) is 25.2. The van der Waals surface area contributed by atoms with Gasteiger partial charge in [-0.2, -0.15) is 5.26 Å². The van der Waals surface area contributed by atoms with E-state index in [9.17, 15) is 5.26 Å². The number of benzene rings is 7. The van der Waals surface area contributed by atoms with Crippen LogP contribution in [-0.2, 0) is 0 Å². The molecule has 0 bridgehead atoms. The van der Waals surface area contributed by atoms with Crippen molar-refractivity contribution in [3.8, 4) is 28.6 Å². The van der Waals surface area contributed by atoms with Crippen LogP contribution in [0.4, 0.5) is 0 Å². The van der Waals surface area contributed by atoms with E-state index in [0.717, 1.165) is 77.3 Å². The molecule has 0 saturated heterocycles. The predicted molar refractivity (Wildman–Crippen MR) is 193 cm³/mol. The van der Waals surface area contributed by atoms with Gasteiger partial charge in [0.2, 0.25) is 0 Å². The minimum Gasteiger partial charge on any atom is -0.456 e. The molecule has 0 aliphatic heterocycles. The minimum absolute atomic E-state index is 0.628. The fourth-order valence-corrected chi connectivity index (χ4v) is 7.54. The van der Waals surface area contributed by atoms with Crippen LogP contribution in [0.3, 0.4) is 0 Å². The summed E-state index contributed by atoms with van der Waals surface area (Å²) in [6, 6.07) is 55.3. The number of rotatable bonds is 3. The number of para-hydroxylation sites is 4. The van der Waals surface area contributed by atoms with Gasteiger partial charge >= 0.3 is 0 Å². The van der Waals surface area contributed by atoms with Crippen molar-refractivity contribution in [1.82, 2.24) is 9.13 Å². The Hall–Kier alpha value is -6.57. The summed E-state index contributed by atoms with van der Waals surface area (Å²) in [4.78, 5) is 0. The molecule has 4 heteroatoms. The van der Waals surface area contributed by atoms with Gasteiger partial charge in [-0.25, -0.2) is 0 Å². The van der Waals surface area contributed by atoms with Crippen molar-refractivity contribution in [2.75, 3.05) is 0 Å². The molecule has 0 fully saturated rings. The quantitative estimate of drug-likeness (QED) is 0.203. The fourth-order valence-electron chi connectivity index (χ4n) is 7.54. The lowest BCUT2D eigenvalue weighted by Gasteiger charge is -2.15. The molecule has 0 unspecified atom stereocenters. The van der Waals surface area contributed by atoms with E-state index in [1.54, 1.807) is 0 Å². The Bertz CT molecular complexity index is 2860. The molecule has 10 aromatic rings. The van der Waals surface area contributed by atoms with E-state index >= 15 is 0 Å². The van der Waals surface area contributed by atoms with Gasteiger partial charge in [0, 0.05) is 38.2 Å². The van der Waals surface area contributed by atoms with Gasteiger partial charge in [-0.15, -0.1) is 0 Å². The highest BCUT2D eigenvalue weighted by atomic mass is 16.3. The first-order valence-electron chi connectivity index (χ1n) is 15.8. The summed E-state index contributed by atoms with van der Waals surface area (Å²) in [5.41, 5.74) is 11.1. The third-order valence-electron chi connectivity index (χ3n) is 9.54. The molecule has 0 aliphatic carbocycles. The molecule has 3 aromatic heterocycles. The molecular weight excluding hydrogens is 574 g/mol. The van der Waals surface area contributed by atoms with Gasteiger partial charge in [-0.05, 0) is 78.4 Å². The number of hydrogen-bond acceptors (Lipinski definition) is 2. The Balaban J connectivity index is 1.31. The van der Waals surface area contributed by atoms with Crippen molar-refractivity contribution in [3.05, 3.63) is 157 Å². The maximum Gasteiger partial charge on any atom is 0.137 e. The van der Waals surface area contributed by atoms with E-state index in [1.165, 1.54) is 10.8 Å². The van der Waals surface area contributed by atoms with Crippen LogP contribution in [0.25, 0.3) is 88.1 Å². The van der Waals surface area contributed by atoms with E-state index < -0.39 is 0 Å². The highest BCUT2D eigenvalue weighted by molar-refractivity contribution is 6.25. The van der Waals surface area contributed by atoms with Crippen molar-refractivity contribution in [2.24, 2.45) is 0 Å². The smallest absolute Gasteiger partial charge is 0.137 e. The van der Waals surface area contributed by atoms with Gasteiger partial charge in [0.1, 0.15) is 11.2 Å². The van der Waals surface area contributed by atoms with Crippen LogP contribution in [-0.4, -0.2) is 9.13 Å². The highest BCUT2D eigenvalue weighted by Crippen LogP contribution is 2.43. The van der Waals surface area contributed by atoms with Gasteiger partial charge < -0.3 is 13.6 Å². The summed E-state index contributed by atoms with van der Waals surface area (Å²) in [6.45, 7) is 0. The molecule has 0 saturated carbocycles. The number of hydrogen-bond donors (Lipinski definition) is 0. The zero-order valence-electron chi connectivity index (χ0n) is 25.2. The standard InChI is InChI=1S/C43H25N3O/c44-26-27-18-21-38(46-36-15-7-4-12-30(36)31-13-5-8-16-37(31)46)34(24-27)28-19-22-39-35(25-28)32-20-23-41-42(33-14-6-9-17-40(33)47-41)43(32)45(39)29-10-2-1-3-11-29/h1-25H. The van der Waals surface area contributed by atoms with Crippen LogP contribution < -0.4 is 0 Å². The fraction of sp³-hybridized carbons (Fsp3) is 0. The van der Waals surface area contributed by atoms with E-state index in [4.69, 9.17) is 4.42 Å². The SMILES string of the molecule is N#Cc1ccc(-n2c3ccccc3c3ccccc32)c(-c2ccc3c(c2)c2ccc4oc5ccccc5c4c2n3-c2ccccc2)c1. The van der Waals surface area contributed by atoms with E-state index in [2.05, 4.69) is 143 Å². The Morgan fingerprint density at radius 2 is 1.17 bits per heavy atom. The monoisotopic (exact) mass is 599 g/mol. The first-order valence-corrected chi connectivity index (χ1v) is 15.8. The summed E-state index contributed by atoms with van der Waals surface area (Å²) in [6.07, 6.45) is 0. The third kappa shape index (κ3) is 3.63. The van der Waals surface area contributed by atoms with Gasteiger partial charge in [-0.1, -0.05) is 78.9 Å². The lowest BCUT2D eigenvalue weighted by atomic mass is 9.98. The van der Waals surface area contributed by atoms with Gasteiger partial charge in [0.05, 0.1) is 44.8 Å². The van der Waals surface area contributed by atoms with E-state index in [-0.39, 0.29) is 0 Å². The first kappa shape index (κ1) is 25.7. The summed E-state index contributed by atoms with van der Waals surface area (Å²) in [7, 11) is 0. The Kier molecular flexibility index (Phi) is 5.32. The molecule has 4 nitrogen and oxygen atoms in total. The van der Waals surface area contributed by atoms with Gasteiger partial charge in [0.25, 0.3) is 0 Å². The predicted octanol–water partition coefficient (Wildman–Crippen LogP) is 11.3. The van der Waals surface area contributed by atoms with Crippen LogP contribution in [0, 0.1) is 11.3 Å². The molecule has 0 N–H and O–H groups in total. The Labute approximate surface area is 269 Å². The largest absolute Gasteiger partial charge is 0.456 e. The molecule has 7 aromatic carbocycles. The number of aromatic nitrogens is 2. The normalized spacial score (nSPS) is 11.8. The van der Waals surface area contributed by atoms with Crippen LogP contribution >= 0.6 is 0 Å². The molecule has 0 amide bonds. The molecule has 3 heterocycles. The average molecular weight is 600 g/mol. The highest BCUT2D eigenvalue weighted by Gasteiger charge is 2.21. The average Bonchev–Trinajstić information content (AvgIpc) is 3.79. The third-order valence-corrected chi connectivity index (χ3v) is 9.54. The molecule has 0 aliphatic rings. The molecule has 0 radical (unpaired) electrons. The van der Waals surface area contributed by atoms with Crippen molar-refractivity contribution >= 4 is 65.6 Å². The second kappa shape index (κ2) is 9.71. The zero-order chi connectivity index (χ0) is 31.1. The summed E-state index contributed by atoms with van der Waals surface area (Å²) in [5.74, 6) is 0. The minimum atomic E-state index is 0.628. The van der Waals surface area contributed by atoms with Crippen LogP contribution in [0.5, 0.6) is 0 Å². The Morgan fingerprint density at radius 1 is 0.489 bits per heavy atom. The molecule has 0 spiro atoms. The van der Waals surface area contributed by atoms with Crippen molar-refractivity contribution < 1.29 is 4.42 Å². The molecule has 47 heavy (non-hydrogen) atoms. The summed E-state index contributed by atoms with van der Waals surface area (Å²) in [5, 5.41) is 16.9. The van der Waals surface area contributed by atoms with Gasteiger partial charge in [0.15, 0.2) is 0 Å². The second-order valence-corrected chi connectivity index (χ2v) is 12.0.